The van der Waals surface area contributed by atoms with Crippen molar-refractivity contribution in [2.75, 3.05) is 24.4 Å². The number of anilines is 1. The molecule has 178 valence electrons. The van der Waals surface area contributed by atoms with E-state index in [1.54, 1.807) is 36.5 Å². The molecule has 2 aromatic rings. The Morgan fingerprint density at radius 1 is 1.38 bits per heavy atom. The molecule has 1 atom stereocenters. The van der Waals surface area contributed by atoms with Crippen LogP contribution in [0.15, 0.2) is 53.6 Å². The summed E-state index contributed by atoms with van der Waals surface area (Å²) in [6.07, 6.45) is 8.71. The molecule has 2 aliphatic rings. The summed E-state index contributed by atoms with van der Waals surface area (Å²) in [6.45, 7) is 7.18. The molecule has 0 spiro atoms. The van der Waals surface area contributed by atoms with Gasteiger partial charge in [-0.05, 0) is 43.5 Å². The number of allylic oxidation sites excluding steroid dienone is 2. The Labute approximate surface area is 199 Å². The smallest absolute Gasteiger partial charge is 0.344 e. The maximum Gasteiger partial charge on any atom is 0.344 e. The van der Waals surface area contributed by atoms with Crippen LogP contribution in [0.1, 0.15) is 40.0 Å². The average molecular weight is 482 g/mol. The topological polar surface area (TPSA) is 127 Å². The zero-order valence-electron chi connectivity index (χ0n) is 18.9. The van der Waals surface area contributed by atoms with Gasteiger partial charge in [0.1, 0.15) is 11.4 Å². The van der Waals surface area contributed by atoms with Gasteiger partial charge in [0.05, 0.1) is 17.9 Å². The Kier molecular flexibility index (Phi) is 6.69. The van der Waals surface area contributed by atoms with E-state index in [4.69, 9.17) is 10.5 Å². The van der Waals surface area contributed by atoms with E-state index in [2.05, 4.69) is 20.7 Å². The maximum absolute atomic E-state index is 13.3. The first-order valence-corrected chi connectivity index (χ1v) is 12.4. The first kappa shape index (κ1) is 23.5. The third-order valence-electron chi connectivity index (χ3n) is 5.83. The summed E-state index contributed by atoms with van der Waals surface area (Å²) in [5, 5.41) is 0. The van der Waals surface area contributed by atoms with Gasteiger partial charge >= 0.3 is 10.2 Å². The Balaban J connectivity index is 1.48. The monoisotopic (exact) mass is 481 g/mol. The van der Waals surface area contributed by atoms with Crippen LogP contribution in [0.5, 0.6) is 5.75 Å². The number of likely N-dealkylation sites (tertiary alicyclic amines) is 1. The number of hydrogen-bond acceptors (Lipinski definition) is 6. The second-order valence-electron chi connectivity index (χ2n) is 8.29. The summed E-state index contributed by atoms with van der Waals surface area (Å²) in [6, 6.07) is 6.90. The number of amides is 1. The molecule has 34 heavy (non-hydrogen) atoms. The molecular formula is C24H27N5O4S. The molecule has 3 N–H and O–H groups in total. The fourth-order valence-electron chi connectivity index (χ4n) is 4.20. The molecule has 1 saturated heterocycles. The molecule has 0 saturated carbocycles. The molecule has 4 rings (SSSR count). The molecule has 3 heterocycles. The molecule has 2 aliphatic heterocycles. The molecule has 10 heteroatoms. The van der Waals surface area contributed by atoms with Crippen molar-refractivity contribution in [3.63, 3.8) is 0 Å². The number of hydrogen-bond donors (Lipinski definition) is 2. The number of fused-ring (bicyclic) bond motifs is 1. The lowest BCUT2D eigenvalue weighted by Crippen LogP contribution is -2.42. The Hall–Kier alpha value is -3.66. The highest BCUT2D eigenvalue weighted by Crippen LogP contribution is 2.31. The summed E-state index contributed by atoms with van der Waals surface area (Å²) in [4.78, 5) is 19.5. The normalized spacial score (nSPS) is 19.1. The van der Waals surface area contributed by atoms with Crippen LogP contribution < -0.4 is 15.2 Å². The summed E-state index contributed by atoms with van der Waals surface area (Å²) >= 11 is 0. The first-order valence-electron chi connectivity index (χ1n) is 11.0. The minimum Gasteiger partial charge on any atom is -0.492 e. The average Bonchev–Trinajstić information content (AvgIpc) is 2.80. The molecule has 0 unspecified atom stereocenters. The van der Waals surface area contributed by atoms with E-state index in [1.807, 2.05) is 24.0 Å². The molecule has 9 nitrogen and oxygen atoms in total. The second-order valence-corrected chi connectivity index (χ2v) is 9.62. The molecule has 0 radical (unpaired) electrons. The van der Waals surface area contributed by atoms with Gasteiger partial charge in [-0.15, -0.1) is 4.40 Å². The Morgan fingerprint density at radius 2 is 2.21 bits per heavy atom. The number of aromatic nitrogens is 1. The summed E-state index contributed by atoms with van der Waals surface area (Å²) in [5.74, 6) is 0.321. The minimum absolute atomic E-state index is 0.101. The number of carbonyl (C=O) groups is 1. The quantitative estimate of drug-likeness (QED) is 0.611. The number of ether oxygens (including phenoxy) is 1. The van der Waals surface area contributed by atoms with E-state index >= 15 is 0 Å². The van der Waals surface area contributed by atoms with Crippen molar-refractivity contribution in [3.8, 4) is 5.75 Å². The molecule has 1 aromatic carbocycles. The van der Waals surface area contributed by atoms with Gasteiger partial charge in [-0.25, -0.2) is 0 Å². The molecule has 0 aliphatic carbocycles. The summed E-state index contributed by atoms with van der Waals surface area (Å²) in [7, 11) is -3.86. The van der Waals surface area contributed by atoms with Crippen molar-refractivity contribution in [2.24, 2.45) is 16.0 Å². The highest BCUT2D eigenvalue weighted by molar-refractivity contribution is 7.91. The van der Waals surface area contributed by atoms with Crippen LogP contribution in [0, 0.1) is 12.8 Å². The van der Waals surface area contributed by atoms with Crippen molar-refractivity contribution in [2.45, 2.75) is 19.8 Å². The van der Waals surface area contributed by atoms with Gasteiger partial charge in [-0.1, -0.05) is 30.9 Å². The second kappa shape index (κ2) is 9.68. The van der Waals surface area contributed by atoms with Crippen molar-refractivity contribution in [1.29, 1.82) is 0 Å². The van der Waals surface area contributed by atoms with E-state index in [9.17, 15) is 13.2 Å². The van der Waals surface area contributed by atoms with Crippen LogP contribution in [0.4, 0.5) is 5.69 Å². The van der Waals surface area contributed by atoms with Gasteiger partial charge in [0, 0.05) is 30.8 Å². The van der Waals surface area contributed by atoms with E-state index in [0.717, 1.165) is 24.0 Å². The van der Waals surface area contributed by atoms with Gasteiger partial charge < -0.3 is 15.4 Å². The lowest BCUT2D eigenvalue weighted by molar-refractivity contribution is 0.0627. The Morgan fingerprint density at radius 3 is 3.00 bits per heavy atom. The van der Waals surface area contributed by atoms with Crippen molar-refractivity contribution in [1.82, 2.24) is 9.88 Å². The number of piperidine rings is 1. The van der Waals surface area contributed by atoms with E-state index in [0.29, 0.717) is 42.4 Å². The van der Waals surface area contributed by atoms with Gasteiger partial charge in [0.2, 0.25) is 0 Å². The lowest BCUT2D eigenvalue weighted by atomic mass is 9.97. The maximum atomic E-state index is 13.3. The highest BCUT2D eigenvalue weighted by atomic mass is 32.2. The minimum atomic E-state index is -3.86. The number of amidine groups is 1. The number of nitrogens with zero attached hydrogens (tertiary/aromatic N) is 3. The number of rotatable bonds is 6. The van der Waals surface area contributed by atoms with Crippen LogP contribution in [-0.4, -0.2) is 49.7 Å². The third kappa shape index (κ3) is 4.96. The number of aryl methyl sites for hydroxylation is 1. The fourth-order valence-corrected chi connectivity index (χ4v) is 5.04. The molecule has 0 bridgehead atoms. The third-order valence-corrected chi connectivity index (χ3v) is 6.75. The van der Waals surface area contributed by atoms with Crippen LogP contribution in [-0.2, 0) is 10.2 Å². The predicted octanol–water partition coefficient (Wildman–Crippen LogP) is 2.90. The fraction of sp³-hybridized carbons (Fsp3) is 0.292. The number of nitrogens with one attached hydrogen (secondary N) is 1. The number of pyridine rings is 1. The van der Waals surface area contributed by atoms with Crippen LogP contribution in [0.2, 0.25) is 0 Å². The summed E-state index contributed by atoms with van der Waals surface area (Å²) < 4.78 is 35.5. The van der Waals surface area contributed by atoms with E-state index < -0.39 is 10.2 Å². The molecule has 1 aromatic heterocycles. The zero-order valence-corrected chi connectivity index (χ0v) is 19.7. The Bertz CT molecular complexity index is 1290. The molecule has 1 amide bonds. The number of carbonyl (C=O) groups excluding carboxylic acids is 1. The van der Waals surface area contributed by atoms with E-state index in [-0.39, 0.29) is 17.7 Å². The van der Waals surface area contributed by atoms with Crippen molar-refractivity contribution < 1.29 is 17.9 Å². The SMILES string of the molecule is C=C/C=C\c1c(C)ccnc1C(=O)N1CCC[C@H](COc2cccc3c2C(N)=NS(=O)(=O)N3)C1. The number of benzene rings is 1. The lowest BCUT2D eigenvalue weighted by Gasteiger charge is -2.33. The van der Waals surface area contributed by atoms with Gasteiger partial charge in [0.15, 0.2) is 5.84 Å². The van der Waals surface area contributed by atoms with Crippen LogP contribution >= 0.6 is 0 Å². The molecular weight excluding hydrogens is 454 g/mol. The van der Waals surface area contributed by atoms with Gasteiger partial charge in [-0.3, -0.25) is 14.5 Å². The van der Waals surface area contributed by atoms with Crippen molar-refractivity contribution >= 4 is 33.7 Å². The molecule has 1 fully saturated rings. The van der Waals surface area contributed by atoms with Crippen molar-refractivity contribution in [3.05, 3.63) is 71.6 Å². The largest absolute Gasteiger partial charge is 0.492 e. The van der Waals surface area contributed by atoms with Gasteiger partial charge in [0.25, 0.3) is 5.91 Å². The highest BCUT2D eigenvalue weighted by Gasteiger charge is 2.28. The summed E-state index contributed by atoms with van der Waals surface area (Å²) in [5.41, 5.74) is 8.83. The first-order chi connectivity index (χ1) is 16.3. The van der Waals surface area contributed by atoms with Crippen LogP contribution in [0.25, 0.3) is 6.08 Å². The van der Waals surface area contributed by atoms with Crippen LogP contribution in [0.3, 0.4) is 0 Å². The number of nitrogens with two attached hydrogens (primary N) is 1. The zero-order chi connectivity index (χ0) is 24.3. The standard InChI is InChI=1S/C24H27N5O4S/c1-3-4-8-18-16(2)11-12-26-22(18)24(30)29-13-6-7-17(14-29)15-33-20-10-5-9-19-21(20)23(25)28-34(31,32)27-19/h3-5,8-12,17,27H,1,6-7,13-15H2,2H3,(H2,25,28)/b8-4-/t17-/m0/s1. The van der Waals surface area contributed by atoms with Gasteiger partial charge in [-0.2, -0.15) is 8.42 Å². The van der Waals surface area contributed by atoms with E-state index in [1.165, 1.54) is 0 Å². The predicted molar refractivity (Wildman–Crippen MR) is 132 cm³/mol.